The van der Waals surface area contributed by atoms with Crippen molar-refractivity contribution in [3.63, 3.8) is 0 Å². The standard InChI is InChI=1S/C18H22ClNO2.ClH/c1-14(16-5-3-2-4-6-16)20-11-18(21)13-22-12-15-7-9-17(19)10-8-15;/h2-10,14,18,20-21H,11-13H2,1H3;1H/p-1. The van der Waals surface area contributed by atoms with Crippen LogP contribution in [0.5, 0.6) is 0 Å². The average molecular weight is 355 g/mol. The van der Waals surface area contributed by atoms with Crippen molar-refractivity contribution in [1.82, 2.24) is 5.32 Å². The lowest BCUT2D eigenvalue weighted by atomic mass is 10.1. The number of rotatable bonds is 8. The summed E-state index contributed by atoms with van der Waals surface area (Å²) >= 11 is 5.83. The van der Waals surface area contributed by atoms with E-state index in [4.69, 9.17) is 16.3 Å². The number of aliphatic hydroxyl groups excluding tert-OH is 1. The van der Waals surface area contributed by atoms with Crippen LogP contribution in [0.1, 0.15) is 24.1 Å². The van der Waals surface area contributed by atoms with Crippen LogP contribution in [0.25, 0.3) is 0 Å². The molecule has 2 rings (SSSR count). The zero-order valence-corrected chi connectivity index (χ0v) is 14.6. The first kappa shape index (κ1) is 19.9. The summed E-state index contributed by atoms with van der Waals surface area (Å²) in [5.41, 5.74) is 2.25. The number of aliphatic hydroxyl groups is 1. The van der Waals surface area contributed by atoms with E-state index in [2.05, 4.69) is 24.4 Å². The molecule has 0 saturated heterocycles. The Morgan fingerprint density at radius 3 is 2.39 bits per heavy atom. The maximum absolute atomic E-state index is 9.96. The second-order valence-corrected chi connectivity index (χ2v) is 5.77. The first-order chi connectivity index (χ1) is 10.6. The molecule has 2 unspecified atom stereocenters. The van der Waals surface area contributed by atoms with Crippen molar-refractivity contribution < 1.29 is 22.3 Å². The number of benzene rings is 2. The fourth-order valence-electron chi connectivity index (χ4n) is 2.12. The summed E-state index contributed by atoms with van der Waals surface area (Å²) in [4.78, 5) is 0. The third-order valence-electron chi connectivity index (χ3n) is 3.45. The van der Waals surface area contributed by atoms with E-state index in [0.29, 0.717) is 24.8 Å². The highest BCUT2D eigenvalue weighted by molar-refractivity contribution is 6.30. The van der Waals surface area contributed by atoms with Crippen molar-refractivity contribution in [2.24, 2.45) is 0 Å². The Morgan fingerprint density at radius 2 is 1.74 bits per heavy atom. The Hall–Kier alpha value is -1.10. The smallest absolute Gasteiger partial charge is 0.0898 e. The number of hydrogen-bond donors (Lipinski definition) is 2. The van der Waals surface area contributed by atoms with E-state index in [1.54, 1.807) is 0 Å². The quantitative estimate of drug-likeness (QED) is 0.728. The Labute approximate surface area is 149 Å². The van der Waals surface area contributed by atoms with Crippen LogP contribution >= 0.6 is 11.6 Å². The Kier molecular flexibility index (Phi) is 9.22. The van der Waals surface area contributed by atoms with Gasteiger partial charge in [-0.25, -0.2) is 0 Å². The van der Waals surface area contributed by atoms with E-state index < -0.39 is 6.10 Å². The van der Waals surface area contributed by atoms with Gasteiger partial charge in [-0.3, -0.25) is 0 Å². The molecule has 0 aliphatic heterocycles. The number of nitrogens with one attached hydrogen (secondary N) is 1. The highest BCUT2D eigenvalue weighted by atomic mass is 35.5. The molecule has 2 N–H and O–H groups in total. The molecular weight excluding hydrogens is 333 g/mol. The van der Waals surface area contributed by atoms with Crippen molar-refractivity contribution in [2.45, 2.75) is 25.7 Å². The van der Waals surface area contributed by atoms with Crippen LogP contribution in [0.3, 0.4) is 0 Å². The van der Waals surface area contributed by atoms with Crippen molar-refractivity contribution in [3.8, 4) is 0 Å². The lowest BCUT2D eigenvalue weighted by molar-refractivity contribution is -0.00000673. The zero-order chi connectivity index (χ0) is 15.8. The molecule has 3 nitrogen and oxygen atoms in total. The molecule has 0 aromatic heterocycles. The van der Waals surface area contributed by atoms with E-state index in [0.717, 1.165) is 5.56 Å². The van der Waals surface area contributed by atoms with Crippen molar-refractivity contribution in [3.05, 3.63) is 70.7 Å². The molecule has 2 atom stereocenters. The first-order valence-corrected chi connectivity index (χ1v) is 7.81. The van der Waals surface area contributed by atoms with Crippen LogP contribution in [0.4, 0.5) is 0 Å². The van der Waals surface area contributed by atoms with Gasteiger partial charge in [0.15, 0.2) is 0 Å². The molecule has 0 radical (unpaired) electrons. The molecule has 5 heteroatoms. The summed E-state index contributed by atoms with van der Waals surface area (Å²) in [5.74, 6) is 0. The maximum Gasteiger partial charge on any atom is 0.0898 e. The monoisotopic (exact) mass is 354 g/mol. The van der Waals surface area contributed by atoms with Crippen LogP contribution < -0.4 is 17.7 Å². The summed E-state index contributed by atoms with van der Waals surface area (Å²) in [6.45, 7) is 3.35. The van der Waals surface area contributed by atoms with E-state index in [-0.39, 0.29) is 18.4 Å². The van der Waals surface area contributed by atoms with Crippen LogP contribution in [0.15, 0.2) is 54.6 Å². The second kappa shape index (κ2) is 10.6. The Bertz CT molecular complexity index is 549. The van der Waals surface area contributed by atoms with Crippen LogP contribution in [-0.4, -0.2) is 24.4 Å². The van der Waals surface area contributed by atoms with Gasteiger partial charge in [-0.2, -0.15) is 0 Å². The Balaban J connectivity index is 0.00000264. The van der Waals surface area contributed by atoms with Gasteiger partial charge in [0.2, 0.25) is 0 Å². The molecule has 126 valence electrons. The van der Waals surface area contributed by atoms with Crippen LogP contribution in [0.2, 0.25) is 5.02 Å². The molecule has 0 fully saturated rings. The fourth-order valence-corrected chi connectivity index (χ4v) is 2.25. The molecule has 2 aromatic rings. The van der Waals surface area contributed by atoms with Gasteiger partial charge in [0, 0.05) is 17.6 Å². The average Bonchev–Trinajstić information content (AvgIpc) is 2.55. The minimum Gasteiger partial charge on any atom is -1.00 e. The third-order valence-corrected chi connectivity index (χ3v) is 3.70. The van der Waals surface area contributed by atoms with Gasteiger partial charge < -0.3 is 27.6 Å². The summed E-state index contributed by atoms with van der Waals surface area (Å²) in [6, 6.07) is 17.9. The minimum atomic E-state index is -0.529. The molecule has 0 heterocycles. The van der Waals surface area contributed by atoms with Gasteiger partial charge in [0.25, 0.3) is 0 Å². The predicted octanol–water partition coefficient (Wildman–Crippen LogP) is 0.572. The molecule has 0 aliphatic carbocycles. The lowest BCUT2D eigenvalue weighted by Gasteiger charge is -2.17. The molecular formula is C18H22Cl2NO2-. The van der Waals surface area contributed by atoms with E-state index in [9.17, 15) is 5.11 Å². The minimum absolute atomic E-state index is 0. The Morgan fingerprint density at radius 1 is 1.09 bits per heavy atom. The normalized spacial score (nSPS) is 13.2. The van der Waals surface area contributed by atoms with Gasteiger partial charge in [-0.05, 0) is 30.2 Å². The van der Waals surface area contributed by atoms with Gasteiger partial charge >= 0.3 is 0 Å². The van der Waals surface area contributed by atoms with Crippen molar-refractivity contribution in [2.75, 3.05) is 13.2 Å². The summed E-state index contributed by atoms with van der Waals surface area (Å²) < 4.78 is 5.53. The molecule has 0 bridgehead atoms. The van der Waals surface area contributed by atoms with Crippen molar-refractivity contribution in [1.29, 1.82) is 0 Å². The van der Waals surface area contributed by atoms with E-state index in [1.807, 2.05) is 42.5 Å². The third kappa shape index (κ3) is 7.34. The summed E-state index contributed by atoms with van der Waals surface area (Å²) in [7, 11) is 0. The van der Waals surface area contributed by atoms with Crippen molar-refractivity contribution >= 4 is 11.6 Å². The highest BCUT2D eigenvalue weighted by Crippen LogP contribution is 2.12. The maximum atomic E-state index is 9.96. The zero-order valence-electron chi connectivity index (χ0n) is 13.1. The van der Waals surface area contributed by atoms with Gasteiger partial charge in [-0.1, -0.05) is 54.1 Å². The molecule has 0 aliphatic rings. The fraction of sp³-hybridized carbons (Fsp3) is 0.333. The summed E-state index contributed by atoms with van der Waals surface area (Å²) in [5, 5.41) is 14.0. The van der Waals surface area contributed by atoms with Gasteiger partial charge in [0.1, 0.15) is 0 Å². The largest absolute Gasteiger partial charge is 1.00 e. The summed E-state index contributed by atoms with van der Waals surface area (Å²) in [6.07, 6.45) is -0.529. The van der Waals surface area contributed by atoms with Gasteiger partial charge in [-0.15, -0.1) is 0 Å². The van der Waals surface area contributed by atoms with Crippen LogP contribution in [0, 0.1) is 0 Å². The number of hydrogen-bond acceptors (Lipinski definition) is 3. The molecule has 23 heavy (non-hydrogen) atoms. The number of halogens is 2. The first-order valence-electron chi connectivity index (χ1n) is 7.43. The van der Waals surface area contributed by atoms with Crippen LogP contribution in [-0.2, 0) is 11.3 Å². The van der Waals surface area contributed by atoms with E-state index >= 15 is 0 Å². The lowest BCUT2D eigenvalue weighted by Crippen LogP contribution is -3.00. The highest BCUT2D eigenvalue weighted by Gasteiger charge is 2.08. The molecule has 0 saturated carbocycles. The molecule has 2 aromatic carbocycles. The number of ether oxygens (including phenoxy) is 1. The molecule has 0 spiro atoms. The molecule has 0 amide bonds. The van der Waals surface area contributed by atoms with E-state index in [1.165, 1.54) is 5.56 Å². The second-order valence-electron chi connectivity index (χ2n) is 5.34. The SMILES string of the molecule is CC(NCC(O)COCc1ccc(Cl)cc1)c1ccccc1.[Cl-]. The van der Waals surface area contributed by atoms with Gasteiger partial charge in [0.05, 0.1) is 19.3 Å². The topological polar surface area (TPSA) is 41.5 Å². The predicted molar refractivity (Wildman–Crippen MR) is 90.0 cm³/mol.